The Kier molecular flexibility index (Phi) is 4.46. The Morgan fingerprint density at radius 2 is 1.65 bits per heavy atom. The highest BCUT2D eigenvalue weighted by atomic mass is 16.5. The van der Waals surface area contributed by atoms with Crippen molar-refractivity contribution in [2.75, 3.05) is 12.0 Å². The second kappa shape index (κ2) is 7.19. The number of hydrogen-bond donors (Lipinski definition) is 0. The molecule has 2 amide bonds. The maximum atomic E-state index is 13.5. The third-order valence-corrected chi connectivity index (χ3v) is 6.23. The molecule has 0 aromatic heterocycles. The number of rotatable bonds is 4. The lowest BCUT2D eigenvalue weighted by atomic mass is 9.86. The molecular weight excluding hydrogens is 394 g/mol. The molecule has 2 fully saturated rings. The van der Waals surface area contributed by atoms with Crippen LogP contribution in [-0.4, -0.2) is 48.0 Å². The van der Waals surface area contributed by atoms with Crippen LogP contribution in [0.4, 0.5) is 5.69 Å². The monoisotopic (exact) mass is 415 g/mol. The number of imide groups is 1. The molecule has 7 nitrogen and oxygen atoms in total. The van der Waals surface area contributed by atoms with E-state index in [2.05, 4.69) is 5.10 Å². The molecule has 2 saturated heterocycles. The summed E-state index contributed by atoms with van der Waals surface area (Å²) in [4.78, 5) is 41.6. The summed E-state index contributed by atoms with van der Waals surface area (Å²) in [5, 5.41) is 5.98. The molecule has 2 aromatic carbocycles. The summed E-state index contributed by atoms with van der Waals surface area (Å²) in [6, 6.07) is 12.7. The van der Waals surface area contributed by atoms with E-state index in [4.69, 9.17) is 4.74 Å². The summed E-state index contributed by atoms with van der Waals surface area (Å²) in [6.45, 7) is 1.94. The lowest BCUT2D eigenvalue weighted by Crippen LogP contribution is -2.46. The molecule has 0 aliphatic carbocycles. The number of methoxy groups -OCH3 is 1. The SMILES string of the molecule is COc1ccc(C(=O)[C@@H]2[C@@H]3C(=O)N(c4ccc(C)cc4)C(=O)[C@H]3[C@H]3C=CC=NN32)cc1. The standard InChI is InChI=1S/C24H21N3O4/c1-14-5-9-16(10-6-14)26-23(29)19-18-4-3-13-25-27(18)21(20(19)24(26)30)22(28)15-7-11-17(31-2)12-8-15/h3-13,18-21H,1-2H3/t18-,19+,20-,21+/m1/s1. The van der Waals surface area contributed by atoms with Crippen LogP contribution in [-0.2, 0) is 9.59 Å². The van der Waals surface area contributed by atoms with Gasteiger partial charge in [-0.05, 0) is 49.4 Å². The number of hydrogen-bond acceptors (Lipinski definition) is 6. The van der Waals surface area contributed by atoms with Crippen molar-refractivity contribution in [3.05, 3.63) is 71.8 Å². The minimum absolute atomic E-state index is 0.237. The van der Waals surface area contributed by atoms with Crippen molar-refractivity contribution in [3.63, 3.8) is 0 Å². The highest BCUT2D eigenvalue weighted by Gasteiger charge is 2.64. The predicted molar refractivity (Wildman–Crippen MR) is 115 cm³/mol. The van der Waals surface area contributed by atoms with Crippen LogP contribution in [0.1, 0.15) is 15.9 Å². The number of benzene rings is 2. The number of carbonyl (C=O) groups is 3. The highest BCUT2D eigenvalue weighted by Crippen LogP contribution is 2.46. The van der Waals surface area contributed by atoms with Crippen LogP contribution in [0.5, 0.6) is 5.75 Å². The van der Waals surface area contributed by atoms with Gasteiger partial charge in [0.1, 0.15) is 11.8 Å². The fourth-order valence-corrected chi connectivity index (χ4v) is 4.71. The second-order valence-electron chi connectivity index (χ2n) is 7.96. The van der Waals surface area contributed by atoms with Crippen molar-refractivity contribution in [1.29, 1.82) is 0 Å². The van der Waals surface area contributed by atoms with E-state index >= 15 is 0 Å². The summed E-state index contributed by atoms with van der Waals surface area (Å²) in [5.41, 5.74) is 2.01. The lowest BCUT2D eigenvalue weighted by molar-refractivity contribution is -0.123. The van der Waals surface area contributed by atoms with Crippen molar-refractivity contribution in [1.82, 2.24) is 5.01 Å². The van der Waals surface area contributed by atoms with Gasteiger partial charge in [-0.15, -0.1) is 0 Å². The number of amides is 2. The first-order valence-corrected chi connectivity index (χ1v) is 10.1. The van der Waals surface area contributed by atoms with Gasteiger partial charge in [-0.25, -0.2) is 4.90 Å². The van der Waals surface area contributed by atoms with Crippen molar-refractivity contribution in [2.24, 2.45) is 16.9 Å². The Morgan fingerprint density at radius 1 is 0.968 bits per heavy atom. The van der Waals surface area contributed by atoms with Gasteiger partial charge in [-0.3, -0.25) is 19.4 Å². The number of aryl methyl sites for hydroxylation is 1. The first-order valence-electron chi connectivity index (χ1n) is 10.1. The number of allylic oxidation sites excluding steroid dienone is 1. The summed E-state index contributed by atoms with van der Waals surface area (Å²) in [6.07, 6.45) is 5.18. The normalized spacial score (nSPS) is 26.3. The van der Waals surface area contributed by atoms with Gasteiger partial charge < -0.3 is 4.74 Å². The van der Waals surface area contributed by atoms with E-state index in [-0.39, 0.29) is 17.6 Å². The molecule has 3 aliphatic heterocycles. The molecule has 0 unspecified atom stereocenters. The van der Waals surface area contributed by atoms with Crippen molar-refractivity contribution < 1.29 is 19.1 Å². The van der Waals surface area contributed by atoms with Gasteiger partial charge in [0.15, 0.2) is 5.78 Å². The molecule has 31 heavy (non-hydrogen) atoms. The zero-order chi connectivity index (χ0) is 21.7. The number of Topliss-reactive ketones (excluding diaryl/α,β-unsaturated/α-hetero) is 1. The zero-order valence-electron chi connectivity index (χ0n) is 17.1. The van der Waals surface area contributed by atoms with Crippen LogP contribution < -0.4 is 9.64 Å². The minimum atomic E-state index is -0.850. The molecule has 7 heteroatoms. The van der Waals surface area contributed by atoms with Gasteiger partial charge >= 0.3 is 0 Å². The van der Waals surface area contributed by atoms with Crippen LogP contribution in [0.15, 0.2) is 65.8 Å². The highest BCUT2D eigenvalue weighted by molar-refractivity contribution is 6.24. The smallest absolute Gasteiger partial charge is 0.240 e. The van der Waals surface area contributed by atoms with E-state index in [9.17, 15) is 14.4 Å². The number of ether oxygens (including phenoxy) is 1. The Bertz CT molecular complexity index is 1120. The molecule has 5 rings (SSSR count). The van der Waals surface area contributed by atoms with E-state index in [0.717, 1.165) is 5.56 Å². The van der Waals surface area contributed by atoms with Gasteiger partial charge in [-0.2, -0.15) is 5.10 Å². The summed E-state index contributed by atoms with van der Waals surface area (Å²) < 4.78 is 5.17. The van der Waals surface area contributed by atoms with E-state index in [1.807, 2.05) is 25.1 Å². The van der Waals surface area contributed by atoms with Crippen LogP contribution in [0.25, 0.3) is 0 Å². The van der Waals surface area contributed by atoms with E-state index in [1.54, 1.807) is 60.8 Å². The Hall–Kier alpha value is -3.74. The van der Waals surface area contributed by atoms with Gasteiger partial charge in [0, 0.05) is 11.8 Å². The molecule has 2 aromatic rings. The van der Waals surface area contributed by atoms with E-state index in [0.29, 0.717) is 17.0 Å². The lowest BCUT2D eigenvalue weighted by Gasteiger charge is -2.30. The molecule has 0 N–H and O–H groups in total. The van der Waals surface area contributed by atoms with Crippen LogP contribution >= 0.6 is 0 Å². The molecule has 3 heterocycles. The minimum Gasteiger partial charge on any atom is -0.497 e. The molecule has 0 bridgehead atoms. The largest absolute Gasteiger partial charge is 0.497 e. The van der Waals surface area contributed by atoms with Crippen LogP contribution in [0.2, 0.25) is 0 Å². The first-order chi connectivity index (χ1) is 15.0. The maximum absolute atomic E-state index is 13.5. The number of fused-ring (bicyclic) bond motifs is 3. The van der Waals surface area contributed by atoms with Gasteiger partial charge in [0.25, 0.3) is 0 Å². The maximum Gasteiger partial charge on any atom is 0.240 e. The van der Waals surface area contributed by atoms with Crippen molar-refractivity contribution >= 4 is 29.5 Å². The van der Waals surface area contributed by atoms with Gasteiger partial charge in [0.2, 0.25) is 11.8 Å². The molecule has 0 radical (unpaired) electrons. The topological polar surface area (TPSA) is 79.3 Å². The second-order valence-corrected chi connectivity index (χ2v) is 7.96. The number of carbonyl (C=O) groups excluding carboxylic acids is 3. The molecule has 0 spiro atoms. The van der Waals surface area contributed by atoms with Gasteiger partial charge in [-0.1, -0.05) is 23.8 Å². The quantitative estimate of drug-likeness (QED) is 0.567. The third-order valence-electron chi connectivity index (χ3n) is 6.23. The average Bonchev–Trinajstić information content (AvgIpc) is 3.27. The zero-order valence-corrected chi connectivity index (χ0v) is 17.1. The Morgan fingerprint density at radius 3 is 2.32 bits per heavy atom. The number of nitrogens with zero attached hydrogens (tertiary/aromatic N) is 3. The molecular formula is C24H21N3O4. The predicted octanol–water partition coefficient (Wildman–Crippen LogP) is 2.60. The average molecular weight is 415 g/mol. The summed E-state index contributed by atoms with van der Waals surface area (Å²) >= 11 is 0. The fourth-order valence-electron chi connectivity index (χ4n) is 4.71. The van der Waals surface area contributed by atoms with Crippen molar-refractivity contribution in [2.45, 2.75) is 19.0 Å². The molecule has 156 valence electrons. The van der Waals surface area contributed by atoms with Crippen LogP contribution in [0.3, 0.4) is 0 Å². The number of hydrazone groups is 1. The van der Waals surface area contributed by atoms with Crippen LogP contribution in [0, 0.1) is 18.8 Å². The Labute approximate surface area is 179 Å². The number of ketones is 1. The summed E-state index contributed by atoms with van der Waals surface area (Å²) in [5.74, 6) is -1.71. The third kappa shape index (κ3) is 2.88. The molecule has 3 aliphatic rings. The fraction of sp³-hybridized carbons (Fsp3) is 0.250. The van der Waals surface area contributed by atoms with E-state index in [1.165, 1.54) is 4.90 Å². The van der Waals surface area contributed by atoms with Gasteiger partial charge in [0.05, 0.1) is 30.7 Å². The van der Waals surface area contributed by atoms with E-state index < -0.39 is 23.9 Å². The molecule has 0 saturated carbocycles. The number of anilines is 1. The summed E-state index contributed by atoms with van der Waals surface area (Å²) in [7, 11) is 1.56. The first kappa shape index (κ1) is 19.2. The Balaban J connectivity index is 1.55. The van der Waals surface area contributed by atoms with Crippen molar-refractivity contribution in [3.8, 4) is 5.75 Å². The molecule has 4 atom stereocenters.